The minimum Gasteiger partial charge on any atom is -0.369 e. The van der Waals surface area contributed by atoms with Gasteiger partial charge in [-0.25, -0.2) is 9.97 Å². The van der Waals surface area contributed by atoms with Crippen molar-refractivity contribution in [2.24, 2.45) is 11.7 Å². The Morgan fingerprint density at radius 1 is 1.43 bits per heavy atom. The normalized spacial score (nSPS) is 12.1. The Morgan fingerprint density at radius 3 is 2.43 bits per heavy atom. The van der Waals surface area contributed by atoms with E-state index >= 15 is 0 Å². The van der Waals surface area contributed by atoms with Gasteiger partial charge in [0.05, 0.1) is 5.56 Å². The molecule has 0 fully saturated rings. The third kappa shape index (κ3) is 2.12. The molecule has 0 saturated heterocycles. The van der Waals surface area contributed by atoms with E-state index in [1.165, 1.54) is 18.7 Å². The van der Waals surface area contributed by atoms with Crippen LogP contribution in [0.1, 0.15) is 23.7 Å². The molecule has 1 unspecified atom stereocenters. The quantitative estimate of drug-likeness (QED) is 0.545. The summed E-state index contributed by atoms with van der Waals surface area (Å²) in [5, 5.41) is 0. The maximum Gasteiger partial charge on any atom is 0.228 e. The molecule has 0 bridgehead atoms. The maximum atomic E-state index is 11.6. The van der Waals surface area contributed by atoms with Crippen LogP contribution in [0.5, 0.6) is 0 Å². The van der Waals surface area contributed by atoms with Crippen LogP contribution in [0.15, 0.2) is 18.7 Å². The number of Topliss-reactive ketones (excluding diaryl/α,β-unsaturated/α-hetero) is 1. The van der Waals surface area contributed by atoms with Gasteiger partial charge in [-0.05, 0) is 6.42 Å². The highest BCUT2D eigenvalue weighted by molar-refractivity contribution is 6.09. The fraction of sp³-hybridized carbons (Fsp3) is 0.333. The molecule has 1 amide bonds. The van der Waals surface area contributed by atoms with Crippen LogP contribution < -0.4 is 5.73 Å². The predicted octanol–water partition coefficient (Wildman–Crippen LogP) is 0.171. The van der Waals surface area contributed by atoms with Gasteiger partial charge in [-0.15, -0.1) is 0 Å². The SMILES string of the molecule is CCC(C(N)=O)C(=O)c1cncnc1. The van der Waals surface area contributed by atoms with Crippen LogP contribution in [0.3, 0.4) is 0 Å². The first kappa shape index (κ1) is 10.3. The van der Waals surface area contributed by atoms with E-state index in [2.05, 4.69) is 9.97 Å². The van der Waals surface area contributed by atoms with E-state index in [1.54, 1.807) is 6.92 Å². The van der Waals surface area contributed by atoms with Gasteiger partial charge in [-0.2, -0.15) is 0 Å². The lowest BCUT2D eigenvalue weighted by molar-refractivity contribution is -0.120. The van der Waals surface area contributed by atoms with Crippen molar-refractivity contribution in [3.63, 3.8) is 0 Å². The average molecular weight is 193 g/mol. The molecule has 0 aromatic carbocycles. The largest absolute Gasteiger partial charge is 0.369 e. The maximum absolute atomic E-state index is 11.6. The highest BCUT2D eigenvalue weighted by Gasteiger charge is 2.23. The highest BCUT2D eigenvalue weighted by atomic mass is 16.2. The second-order valence-electron chi connectivity index (χ2n) is 2.85. The van der Waals surface area contributed by atoms with Gasteiger partial charge in [-0.1, -0.05) is 6.92 Å². The van der Waals surface area contributed by atoms with Crippen molar-refractivity contribution >= 4 is 11.7 Å². The number of nitrogens with two attached hydrogens (primary N) is 1. The first-order chi connectivity index (χ1) is 6.66. The van der Waals surface area contributed by atoms with Crippen molar-refractivity contribution in [3.05, 3.63) is 24.3 Å². The van der Waals surface area contributed by atoms with Crippen molar-refractivity contribution in [2.75, 3.05) is 0 Å². The van der Waals surface area contributed by atoms with Gasteiger partial charge in [0, 0.05) is 12.4 Å². The lowest BCUT2D eigenvalue weighted by Gasteiger charge is -2.08. The fourth-order valence-corrected chi connectivity index (χ4v) is 1.14. The molecule has 1 rings (SSSR count). The fourth-order valence-electron chi connectivity index (χ4n) is 1.14. The Kier molecular flexibility index (Phi) is 3.28. The van der Waals surface area contributed by atoms with Crippen molar-refractivity contribution in [1.29, 1.82) is 0 Å². The number of ketones is 1. The summed E-state index contributed by atoms with van der Waals surface area (Å²) in [6, 6.07) is 0. The standard InChI is InChI=1S/C9H11N3O2/c1-2-7(9(10)14)8(13)6-3-11-5-12-4-6/h3-5,7H,2H2,1H3,(H2,10,14). The molecule has 0 radical (unpaired) electrons. The van der Waals surface area contributed by atoms with Crippen LogP contribution in [0, 0.1) is 5.92 Å². The Bertz CT molecular complexity index is 337. The van der Waals surface area contributed by atoms with E-state index in [4.69, 9.17) is 5.73 Å². The van der Waals surface area contributed by atoms with Crippen LogP contribution in [0.25, 0.3) is 0 Å². The summed E-state index contributed by atoms with van der Waals surface area (Å²) in [5.41, 5.74) is 5.40. The van der Waals surface area contributed by atoms with Gasteiger partial charge in [0.1, 0.15) is 12.2 Å². The van der Waals surface area contributed by atoms with Gasteiger partial charge in [-0.3, -0.25) is 9.59 Å². The van der Waals surface area contributed by atoms with Gasteiger partial charge < -0.3 is 5.73 Å². The zero-order valence-corrected chi connectivity index (χ0v) is 7.80. The summed E-state index contributed by atoms with van der Waals surface area (Å²) < 4.78 is 0. The van der Waals surface area contributed by atoms with E-state index in [1.807, 2.05) is 0 Å². The molecular formula is C9H11N3O2. The van der Waals surface area contributed by atoms with Crippen LogP contribution >= 0.6 is 0 Å². The summed E-state index contributed by atoms with van der Waals surface area (Å²) >= 11 is 0. The third-order valence-corrected chi connectivity index (χ3v) is 1.91. The first-order valence-electron chi connectivity index (χ1n) is 4.25. The zero-order chi connectivity index (χ0) is 10.6. The molecule has 0 spiro atoms. The summed E-state index contributed by atoms with van der Waals surface area (Å²) in [6.45, 7) is 1.73. The topological polar surface area (TPSA) is 85.9 Å². The van der Waals surface area contributed by atoms with Crippen LogP contribution in [0.4, 0.5) is 0 Å². The number of hydrogen-bond donors (Lipinski definition) is 1. The Hall–Kier alpha value is -1.78. The smallest absolute Gasteiger partial charge is 0.228 e. The zero-order valence-electron chi connectivity index (χ0n) is 7.80. The number of rotatable bonds is 4. The van der Waals surface area contributed by atoms with Gasteiger partial charge in [0.15, 0.2) is 5.78 Å². The molecule has 0 aliphatic heterocycles. The van der Waals surface area contributed by atoms with Crippen molar-refractivity contribution < 1.29 is 9.59 Å². The molecule has 1 heterocycles. The number of aromatic nitrogens is 2. The van der Waals surface area contributed by atoms with E-state index in [-0.39, 0.29) is 5.78 Å². The molecule has 1 aromatic rings. The summed E-state index contributed by atoms with van der Waals surface area (Å²) in [6.07, 6.45) is 4.47. The molecule has 0 saturated carbocycles. The highest BCUT2D eigenvalue weighted by Crippen LogP contribution is 2.09. The van der Waals surface area contributed by atoms with Crippen molar-refractivity contribution in [3.8, 4) is 0 Å². The molecule has 0 aliphatic rings. The average Bonchev–Trinajstić information content (AvgIpc) is 2.19. The van der Waals surface area contributed by atoms with Gasteiger partial charge in [0.2, 0.25) is 5.91 Å². The number of amides is 1. The number of primary amides is 1. The molecule has 74 valence electrons. The second kappa shape index (κ2) is 4.45. The summed E-state index contributed by atoms with van der Waals surface area (Å²) in [5.74, 6) is -1.71. The molecule has 2 N–H and O–H groups in total. The van der Waals surface area contributed by atoms with E-state index in [0.29, 0.717) is 12.0 Å². The van der Waals surface area contributed by atoms with E-state index < -0.39 is 11.8 Å². The molecule has 0 aliphatic carbocycles. The molecule has 14 heavy (non-hydrogen) atoms. The minimum atomic E-state index is -0.777. The number of nitrogens with zero attached hydrogens (tertiary/aromatic N) is 2. The Balaban J connectivity index is 2.89. The van der Waals surface area contributed by atoms with Gasteiger partial charge >= 0.3 is 0 Å². The van der Waals surface area contributed by atoms with Gasteiger partial charge in [0.25, 0.3) is 0 Å². The van der Waals surface area contributed by atoms with Crippen LogP contribution in [-0.2, 0) is 4.79 Å². The molecule has 1 aromatic heterocycles. The van der Waals surface area contributed by atoms with Crippen LogP contribution in [0.2, 0.25) is 0 Å². The Morgan fingerprint density at radius 2 is 2.00 bits per heavy atom. The first-order valence-corrected chi connectivity index (χ1v) is 4.25. The lowest BCUT2D eigenvalue weighted by Crippen LogP contribution is -2.29. The second-order valence-corrected chi connectivity index (χ2v) is 2.85. The molecule has 1 atom stereocenters. The minimum absolute atomic E-state index is 0.318. The third-order valence-electron chi connectivity index (χ3n) is 1.91. The molecule has 5 nitrogen and oxygen atoms in total. The van der Waals surface area contributed by atoms with Crippen LogP contribution in [-0.4, -0.2) is 21.7 Å². The monoisotopic (exact) mass is 193 g/mol. The number of hydrogen-bond acceptors (Lipinski definition) is 4. The summed E-state index contributed by atoms with van der Waals surface area (Å²) in [7, 11) is 0. The van der Waals surface area contributed by atoms with Crippen molar-refractivity contribution in [2.45, 2.75) is 13.3 Å². The number of carbonyl (C=O) groups excluding carboxylic acids is 2. The number of carbonyl (C=O) groups is 2. The van der Waals surface area contributed by atoms with E-state index in [9.17, 15) is 9.59 Å². The Labute approximate surface area is 81.4 Å². The van der Waals surface area contributed by atoms with E-state index in [0.717, 1.165) is 0 Å². The lowest BCUT2D eigenvalue weighted by atomic mass is 9.96. The summed E-state index contributed by atoms with van der Waals surface area (Å²) in [4.78, 5) is 29.9. The van der Waals surface area contributed by atoms with Crippen molar-refractivity contribution in [1.82, 2.24) is 9.97 Å². The molecule has 5 heteroatoms. The molecular weight excluding hydrogens is 182 g/mol. The predicted molar refractivity (Wildman–Crippen MR) is 49.3 cm³/mol.